The maximum atomic E-state index is 4.64. The monoisotopic (exact) mass is 177 g/mol. The number of anilines is 1. The van der Waals surface area contributed by atoms with Crippen molar-refractivity contribution in [1.29, 1.82) is 0 Å². The second-order valence-corrected chi connectivity index (χ2v) is 3.97. The van der Waals surface area contributed by atoms with Gasteiger partial charge in [-0.15, -0.1) is 0 Å². The van der Waals surface area contributed by atoms with Crippen LogP contribution in [0, 0.1) is 0 Å². The number of nitrogens with one attached hydrogen (secondary N) is 1. The molecule has 13 heavy (non-hydrogen) atoms. The summed E-state index contributed by atoms with van der Waals surface area (Å²) in [6.07, 6.45) is 6.35. The third kappa shape index (κ3) is 1.06. The Morgan fingerprint density at radius 2 is 2.08 bits per heavy atom. The van der Waals surface area contributed by atoms with Gasteiger partial charge in [0.15, 0.2) is 0 Å². The van der Waals surface area contributed by atoms with Crippen LogP contribution < -0.4 is 5.32 Å². The lowest BCUT2D eigenvalue weighted by molar-refractivity contribution is 0.574. The quantitative estimate of drug-likeness (QED) is 0.652. The Morgan fingerprint density at radius 3 is 3.08 bits per heavy atom. The normalized spacial score (nSPS) is 20.3. The van der Waals surface area contributed by atoms with Crippen molar-refractivity contribution in [3.63, 3.8) is 0 Å². The zero-order valence-electron chi connectivity index (χ0n) is 7.84. The first-order chi connectivity index (χ1) is 6.45. The van der Waals surface area contributed by atoms with Crippen LogP contribution in [0.25, 0.3) is 0 Å². The smallest absolute Gasteiger partial charge is 0.203 e. The molecule has 3 nitrogen and oxygen atoms in total. The number of fused-ring (bicyclic) bond motifs is 3. The van der Waals surface area contributed by atoms with Gasteiger partial charge in [0, 0.05) is 18.8 Å². The Labute approximate surface area is 78.2 Å². The lowest BCUT2D eigenvalue weighted by Gasteiger charge is -2.19. The van der Waals surface area contributed by atoms with E-state index >= 15 is 0 Å². The summed E-state index contributed by atoms with van der Waals surface area (Å²) < 4.78 is 2.39. The Hall–Kier alpha value is -0.990. The van der Waals surface area contributed by atoms with Crippen molar-refractivity contribution < 1.29 is 0 Å². The fraction of sp³-hybridized carbons (Fsp3) is 0.700. The van der Waals surface area contributed by atoms with Gasteiger partial charge in [0.2, 0.25) is 5.95 Å². The first-order valence-electron chi connectivity index (χ1n) is 5.27. The van der Waals surface area contributed by atoms with E-state index in [1.807, 2.05) is 0 Å². The highest BCUT2D eigenvalue weighted by Gasteiger charge is 2.20. The molecule has 3 rings (SSSR count). The van der Waals surface area contributed by atoms with Crippen LogP contribution in [0.4, 0.5) is 5.95 Å². The number of hydrogen-bond donors (Lipinski definition) is 1. The second-order valence-electron chi connectivity index (χ2n) is 3.97. The zero-order chi connectivity index (χ0) is 8.67. The maximum Gasteiger partial charge on any atom is 0.203 e. The van der Waals surface area contributed by atoms with Crippen molar-refractivity contribution in [1.82, 2.24) is 9.55 Å². The van der Waals surface area contributed by atoms with E-state index in [1.54, 1.807) is 0 Å². The molecule has 0 bridgehead atoms. The lowest BCUT2D eigenvalue weighted by atomic mass is 10.0. The van der Waals surface area contributed by atoms with Crippen molar-refractivity contribution in [2.24, 2.45) is 0 Å². The molecule has 0 spiro atoms. The van der Waals surface area contributed by atoms with Gasteiger partial charge in [0.25, 0.3) is 0 Å². The molecule has 0 saturated carbocycles. The number of aromatic nitrogens is 2. The van der Waals surface area contributed by atoms with Crippen LogP contribution in [0.2, 0.25) is 0 Å². The molecule has 0 fully saturated rings. The minimum absolute atomic E-state index is 1.09. The van der Waals surface area contributed by atoms with E-state index in [0.29, 0.717) is 0 Å². The van der Waals surface area contributed by atoms with Crippen molar-refractivity contribution in [2.75, 3.05) is 11.9 Å². The predicted octanol–water partition coefficient (Wildman–Crippen LogP) is 1.58. The Morgan fingerprint density at radius 1 is 1.15 bits per heavy atom. The number of rotatable bonds is 0. The fourth-order valence-corrected chi connectivity index (χ4v) is 2.41. The average Bonchev–Trinajstić information content (AvgIpc) is 2.56. The summed E-state index contributed by atoms with van der Waals surface area (Å²) in [6.45, 7) is 2.26. The minimum atomic E-state index is 1.09. The number of hydrogen-bond acceptors (Lipinski definition) is 2. The molecule has 0 amide bonds. The minimum Gasteiger partial charge on any atom is -0.356 e. The summed E-state index contributed by atoms with van der Waals surface area (Å²) in [5.74, 6) is 1.12. The Bertz CT molecular complexity index is 297. The molecule has 1 aromatic heterocycles. The third-order valence-corrected chi connectivity index (χ3v) is 3.07. The fourth-order valence-electron chi connectivity index (χ4n) is 2.41. The van der Waals surface area contributed by atoms with E-state index in [-0.39, 0.29) is 0 Å². The van der Waals surface area contributed by atoms with Gasteiger partial charge in [-0.25, -0.2) is 4.98 Å². The Balaban J connectivity index is 2.09. The third-order valence-electron chi connectivity index (χ3n) is 3.07. The van der Waals surface area contributed by atoms with Crippen molar-refractivity contribution in [3.05, 3.63) is 11.4 Å². The first kappa shape index (κ1) is 7.42. The number of nitrogens with zero attached hydrogens (tertiary/aromatic N) is 2. The highest BCUT2D eigenvalue weighted by Crippen LogP contribution is 2.26. The second kappa shape index (κ2) is 2.76. The zero-order valence-corrected chi connectivity index (χ0v) is 7.84. The van der Waals surface area contributed by atoms with E-state index in [4.69, 9.17) is 0 Å². The van der Waals surface area contributed by atoms with Crippen LogP contribution in [0.1, 0.15) is 30.7 Å². The molecule has 0 saturated heterocycles. The van der Waals surface area contributed by atoms with E-state index in [1.165, 1.54) is 50.0 Å². The average molecular weight is 177 g/mol. The van der Waals surface area contributed by atoms with E-state index in [0.717, 1.165) is 12.5 Å². The van der Waals surface area contributed by atoms with Crippen molar-refractivity contribution in [2.45, 2.75) is 38.6 Å². The summed E-state index contributed by atoms with van der Waals surface area (Å²) in [5.41, 5.74) is 2.86. The van der Waals surface area contributed by atoms with Gasteiger partial charge in [-0.05, 0) is 32.1 Å². The molecule has 2 aliphatic rings. The largest absolute Gasteiger partial charge is 0.356 e. The SMILES string of the molecule is C1CCc2c(nc3n2CCCN3)C1. The molecule has 1 aliphatic carbocycles. The van der Waals surface area contributed by atoms with Gasteiger partial charge >= 0.3 is 0 Å². The molecule has 1 aromatic rings. The highest BCUT2D eigenvalue weighted by atomic mass is 15.2. The summed E-state index contributed by atoms with van der Waals surface area (Å²) in [5, 5.41) is 3.37. The molecule has 0 radical (unpaired) electrons. The number of imidazole rings is 1. The predicted molar refractivity (Wildman–Crippen MR) is 52.0 cm³/mol. The van der Waals surface area contributed by atoms with Crippen LogP contribution >= 0.6 is 0 Å². The van der Waals surface area contributed by atoms with Crippen LogP contribution in [0.15, 0.2) is 0 Å². The molecule has 1 aliphatic heterocycles. The molecule has 3 heteroatoms. The topological polar surface area (TPSA) is 29.9 Å². The van der Waals surface area contributed by atoms with Gasteiger partial charge < -0.3 is 9.88 Å². The lowest BCUT2D eigenvalue weighted by Crippen LogP contribution is -2.19. The van der Waals surface area contributed by atoms with Crippen LogP contribution in [-0.4, -0.2) is 16.1 Å². The van der Waals surface area contributed by atoms with Crippen LogP contribution in [0.5, 0.6) is 0 Å². The van der Waals surface area contributed by atoms with Gasteiger partial charge in [-0.2, -0.15) is 0 Å². The molecule has 2 heterocycles. The highest BCUT2D eigenvalue weighted by molar-refractivity contribution is 5.36. The van der Waals surface area contributed by atoms with E-state index in [9.17, 15) is 0 Å². The molecule has 0 unspecified atom stereocenters. The maximum absolute atomic E-state index is 4.64. The summed E-state index contributed by atoms with van der Waals surface area (Å²) in [7, 11) is 0. The van der Waals surface area contributed by atoms with Crippen LogP contribution in [-0.2, 0) is 19.4 Å². The first-order valence-corrected chi connectivity index (χ1v) is 5.27. The molecular weight excluding hydrogens is 162 g/mol. The summed E-state index contributed by atoms with van der Waals surface area (Å²) in [4.78, 5) is 4.64. The number of aryl methyl sites for hydroxylation is 1. The van der Waals surface area contributed by atoms with Crippen molar-refractivity contribution in [3.8, 4) is 0 Å². The van der Waals surface area contributed by atoms with Gasteiger partial charge in [0.1, 0.15) is 0 Å². The van der Waals surface area contributed by atoms with Gasteiger partial charge in [-0.1, -0.05) is 0 Å². The standard InChI is InChI=1S/C10H15N3/c1-2-5-9-8(4-1)12-10-11-6-3-7-13(9)10/h1-7H2,(H,11,12). The van der Waals surface area contributed by atoms with Gasteiger partial charge in [0.05, 0.1) is 5.69 Å². The van der Waals surface area contributed by atoms with E-state index in [2.05, 4.69) is 14.9 Å². The van der Waals surface area contributed by atoms with Crippen LogP contribution in [0.3, 0.4) is 0 Å². The molecule has 1 N–H and O–H groups in total. The van der Waals surface area contributed by atoms with E-state index < -0.39 is 0 Å². The van der Waals surface area contributed by atoms with Crippen molar-refractivity contribution >= 4 is 5.95 Å². The molecular formula is C10H15N3. The molecule has 70 valence electrons. The molecule has 0 aromatic carbocycles. The summed E-state index contributed by atoms with van der Waals surface area (Å²) >= 11 is 0. The molecule has 0 atom stereocenters. The Kier molecular flexibility index (Phi) is 1.57. The van der Waals surface area contributed by atoms with Gasteiger partial charge in [-0.3, -0.25) is 0 Å². The summed E-state index contributed by atoms with van der Waals surface area (Å²) in [6, 6.07) is 0.